The van der Waals surface area contributed by atoms with Crippen LogP contribution in [0.4, 0.5) is 0 Å². The van der Waals surface area contributed by atoms with Gasteiger partial charge in [0.2, 0.25) is 10.0 Å². The lowest BCUT2D eigenvalue weighted by Gasteiger charge is -2.39. The number of nitrogens with zero attached hydrogens (tertiary/aromatic N) is 3. The number of nitrogens with one attached hydrogen (secondary N) is 4. The summed E-state index contributed by atoms with van der Waals surface area (Å²) in [6.45, 7) is 7.06. The van der Waals surface area contributed by atoms with Crippen LogP contribution in [0.1, 0.15) is 66.3 Å². The Morgan fingerprint density at radius 1 is 1.00 bits per heavy atom. The van der Waals surface area contributed by atoms with Crippen LogP contribution in [0.15, 0.2) is 30.9 Å². The zero-order valence-electron chi connectivity index (χ0n) is 22.8. The second-order valence-corrected chi connectivity index (χ2v) is 11.8. The van der Waals surface area contributed by atoms with Crippen molar-refractivity contribution in [3.63, 3.8) is 0 Å². The Hall–Kier alpha value is -2.55. The highest BCUT2D eigenvalue weighted by Crippen LogP contribution is 2.24. The Kier molecular flexibility index (Phi) is 10.7. The van der Waals surface area contributed by atoms with Crippen molar-refractivity contribution in [3.8, 4) is 0 Å². The first-order chi connectivity index (χ1) is 18.1. The number of aryl methyl sites for hydroxylation is 2. The van der Waals surface area contributed by atoms with Crippen LogP contribution in [0.5, 0.6) is 0 Å². The zero-order chi connectivity index (χ0) is 27.9. The van der Waals surface area contributed by atoms with Gasteiger partial charge in [0.15, 0.2) is 0 Å². The van der Waals surface area contributed by atoms with E-state index >= 15 is 0 Å². The number of ether oxygens (including phenoxy) is 2. The second kappa shape index (κ2) is 13.5. The van der Waals surface area contributed by atoms with Crippen LogP contribution in [0.3, 0.4) is 0 Å². The standard InChI is InChI=1S/C25H39N7O5S/c1-15-10-19(14-26-11-15)24(33)30-31-25(29-22-20(36-5)8-7-9-21(22)37-6)32-38(34,35)18(4)17(3)23-27-12-16(2)13-28-23/h10-14,17-18,20-22,25,29,31-32H,7-9H2,1-6H3,(H,30,33)/t17-,18-,20-,21+,22+,25?/m0/s1. The van der Waals surface area contributed by atoms with Crippen molar-refractivity contribution in [2.45, 2.75) is 82.7 Å². The van der Waals surface area contributed by atoms with Crippen molar-refractivity contribution < 1.29 is 22.7 Å². The maximum atomic E-state index is 13.5. The first kappa shape index (κ1) is 30.0. The topological polar surface area (TPSA) is 156 Å². The molecule has 1 unspecified atom stereocenters. The molecule has 12 nitrogen and oxygen atoms in total. The van der Waals surface area contributed by atoms with Crippen LogP contribution >= 0.6 is 0 Å². The average molecular weight is 550 g/mol. The molecule has 0 bridgehead atoms. The third-order valence-electron chi connectivity index (χ3n) is 6.89. The largest absolute Gasteiger partial charge is 0.380 e. The van der Waals surface area contributed by atoms with Gasteiger partial charge in [-0.1, -0.05) is 6.92 Å². The summed E-state index contributed by atoms with van der Waals surface area (Å²) in [5.74, 6) is -0.524. The highest BCUT2D eigenvalue weighted by molar-refractivity contribution is 7.90. The number of pyridine rings is 1. The van der Waals surface area contributed by atoms with E-state index in [9.17, 15) is 13.2 Å². The molecule has 38 heavy (non-hydrogen) atoms. The number of sulfonamides is 1. The van der Waals surface area contributed by atoms with Crippen LogP contribution < -0.4 is 20.9 Å². The number of carbonyl (C=O) groups is 1. The summed E-state index contributed by atoms with van der Waals surface area (Å²) in [7, 11) is -0.710. The zero-order valence-corrected chi connectivity index (χ0v) is 23.6. The summed E-state index contributed by atoms with van der Waals surface area (Å²) in [4.78, 5) is 25.4. The first-order valence-corrected chi connectivity index (χ1v) is 14.2. The van der Waals surface area contributed by atoms with Gasteiger partial charge in [-0.25, -0.2) is 23.8 Å². The minimum Gasteiger partial charge on any atom is -0.380 e. The molecular formula is C25H39N7O5S. The van der Waals surface area contributed by atoms with Gasteiger partial charge in [-0.05, 0) is 57.2 Å². The van der Waals surface area contributed by atoms with E-state index in [0.717, 1.165) is 30.4 Å². The lowest BCUT2D eigenvalue weighted by atomic mass is 9.89. The van der Waals surface area contributed by atoms with Gasteiger partial charge in [-0.15, -0.1) is 0 Å². The number of methoxy groups -OCH3 is 2. The summed E-state index contributed by atoms with van der Waals surface area (Å²) >= 11 is 0. The van der Waals surface area contributed by atoms with Gasteiger partial charge in [0.05, 0.1) is 29.1 Å². The normalized spacial score (nSPS) is 22.4. The third kappa shape index (κ3) is 7.74. The Morgan fingerprint density at radius 2 is 1.63 bits per heavy atom. The molecule has 13 heteroatoms. The molecule has 0 aromatic carbocycles. The van der Waals surface area contributed by atoms with E-state index in [0.29, 0.717) is 11.4 Å². The second-order valence-electron chi connectivity index (χ2n) is 9.73. The van der Waals surface area contributed by atoms with Crippen LogP contribution in [0.2, 0.25) is 0 Å². The highest BCUT2D eigenvalue weighted by Gasteiger charge is 2.37. The lowest BCUT2D eigenvalue weighted by Crippen LogP contribution is -2.67. The molecule has 1 aliphatic carbocycles. The number of amides is 1. The van der Waals surface area contributed by atoms with Crippen LogP contribution in [-0.4, -0.2) is 73.3 Å². The first-order valence-electron chi connectivity index (χ1n) is 12.6. The Morgan fingerprint density at radius 3 is 2.21 bits per heavy atom. The van der Waals surface area contributed by atoms with Gasteiger partial charge in [0.1, 0.15) is 12.1 Å². The molecule has 1 amide bonds. The number of hydrogen-bond acceptors (Lipinski definition) is 10. The van der Waals surface area contributed by atoms with Crippen molar-refractivity contribution >= 4 is 15.9 Å². The van der Waals surface area contributed by atoms with E-state index in [2.05, 4.69) is 35.8 Å². The molecule has 4 N–H and O–H groups in total. The van der Waals surface area contributed by atoms with E-state index < -0.39 is 33.4 Å². The summed E-state index contributed by atoms with van der Waals surface area (Å²) in [6.07, 6.45) is 7.38. The molecule has 2 aromatic rings. The fourth-order valence-electron chi connectivity index (χ4n) is 4.44. The van der Waals surface area contributed by atoms with Gasteiger partial charge >= 0.3 is 0 Å². The number of aromatic nitrogens is 3. The van der Waals surface area contributed by atoms with Crippen LogP contribution in [-0.2, 0) is 19.5 Å². The molecule has 2 heterocycles. The van der Waals surface area contributed by atoms with E-state index in [1.165, 1.54) is 6.20 Å². The Balaban J connectivity index is 1.81. The third-order valence-corrected chi connectivity index (χ3v) is 8.85. The molecule has 0 radical (unpaired) electrons. The lowest BCUT2D eigenvalue weighted by molar-refractivity contribution is -0.0466. The minimum atomic E-state index is -3.94. The fraction of sp³-hybridized carbons (Fsp3) is 0.600. The Labute approximate surface area is 224 Å². The monoisotopic (exact) mass is 549 g/mol. The number of hydrazine groups is 1. The molecule has 210 valence electrons. The molecule has 0 aliphatic heterocycles. The van der Waals surface area contributed by atoms with Gasteiger partial charge in [-0.3, -0.25) is 20.5 Å². The van der Waals surface area contributed by atoms with Gasteiger partial charge in [0.25, 0.3) is 5.91 Å². The molecule has 2 aromatic heterocycles. The van der Waals surface area contributed by atoms with Crippen LogP contribution in [0.25, 0.3) is 0 Å². The summed E-state index contributed by atoms with van der Waals surface area (Å²) < 4.78 is 41.0. The van der Waals surface area contributed by atoms with E-state index in [4.69, 9.17) is 9.47 Å². The molecule has 1 fully saturated rings. The van der Waals surface area contributed by atoms with Crippen molar-refractivity contribution in [2.24, 2.45) is 0 Å². The number of carbonyl (C=O) groups excluding carboxylic acids is 1. The fourth-order valence-corrected chi connectivity index (χ4v) is 5.77. The SMILES string of the molecule is CO[C@H]1CCC[C@@H](OC)[C@@H]1NC(NNC(=O)c1cncc(C)c1)NS(=O)(=O)[C@@H](C)[C@H](C)c1ncc(C)cn1. The summed E-state index contributed by atoms with van der Waals surface area (Å²) in [5.41, 5.74) is 7.43. The minimum absolute atomic E-state index is 0.212. The van der Waals surface area contributed by atoms with Crippen molar-refractivity contribution in [1.82, 2.24) is 35.8 Å². The molecule has 0 saturated heterocycles. The summed E-state index contributed by atoms with van der Waals surface area (Å²) in [6, 6.07) is 1.34. The predicted octanol–water partition coefficient (Wildman–Crippen LogP) is 1.29. The summed E-state index contributed by atoms with van der Waals surface area (Å²) in [5, 5.41) is 2.38. The number of hydrogen-bond donors (Lipinski definition) is 4. The average Bonchev–Trinajstić information content (AvgIpc) is 2.91. The molecule has 0 spiro atoms. The van der Waals surface area contributed by atoms with E-state index in [-0.39, 0.29) is 18.2 Å². The van der Waals surface area contributed by atoms with Crippen molar-refractivity contribution in [2.75, 3.05) is 14.2 Å². The Bertz CT molecular complexity index is 1150. The van der Waals surface area contributed by atoms with E-state index in [1.54, 1.807) is 52.7 Å². The van der Waals surface area contributed by atoms with Crippen molar-refractivity contribution in [3.05, 3.63) is 53.4 Å². The predicted molar refractivity (Wildman–Crippen MR) is 142 cm³/mol. The highest BCUT2D eigenvalue weighted by atomic mass is 32.2. The molecule has 6 atom stereocenters. The maximum Gasteiger partial charge on any atom is 0.267 e. The van der Waals surface area contributed by atoms with Crippen molar-refractivity contribution in [1.29, 1.82) is 0 Å². The quantitative estimate of drug-likeness (QED) is 0.225. The molecule has 1 aliphatic rings. The van der Waals surface area contributed by atoms with Crippen LogP contribution in [0, 0.1) is 13.8 Å². The maximum absolute atomic E-state index is 13.5. The molecule has 3 rings (SSSR count). The smallest absolute Gasteiger partial charge is 0.267 e. The van der Waals surface area contributed by atoms with Gasteiger partial charge < -0.3 is 9.47 Å². The van der Waals surface area contributed by atoms with E-state index in [1.807, 2.05) is 13.8 Å². The molecule has 1 saturated carbocycles. The van der Waals surface area contributed by atoms with Gasteiger partial charge in [0, 0.05) is 44.9 Å². The van der Waals surface area contributed by atoms with Gasteiger partial charge in [-0.2, -0.15) is 4.72 Å². The molecular weight excluding hydrogens is 510 g/mol. The number of rotatable bonds is 12.